The summed E-state index contributed by atoms with van der Waals surface area (Å²) < 4.78 is 0. The van der Waals surface area contributed by atoms with Crippen molar-refractivity contribution in [1.29, 1.82) is 0 Å². The number of carbonyl (C=O) groups is 1. The first-order valence-corrected chi connectivity index (χ1v) is 5.91. The Morgan fingerprint density at radius 2 is 2.29 bits per heavy atom. The van der Waals surface area contributed by atoms with Gasteiger partial charge >= 0.3 is 0 Å². The Bertz CT molecular complexity index is 367. The van der Waals surface area contributed by atoms with Gasteiger partial charge in [0.15, 0.2) is 0 Å². The minimum Gasteiger partial charge on any atom is -0.383 e. The molecule has 0 spiro atoms. The van der Waals surface area contributed by atoms with Gasteiger partial charge in [-0.2, -0.15) is 0 Å². The highest BCUT2D eigenvalue weighted by Crippen LogP contribution is 2.08. The van der Waals surface area contributed by atoms with Crippen LogP contribution in [0.4, 0.5) is 5.69 Å². The topological polar surface area (TPSA) is 80.0 Å². The lowest BCUT2D eigenvalue weighted by Gasteiger charge is -2.11. The zero-order valence-corrected chi connectivity index (χ0v) is 10.4. The van der Waals surface area contributed by atoms with Gasteiger partial charge in [-0.25, -0.2) is 0 Å². The third-order valence-electron chi connectivity index (χ3n) is 2.42. The van der Waals surface area contributed by atoms with Crippen LogP contribution in [0.5, 0.6) is 0 Å². The van der Waals surface area contributed by atoms with E-state index in [-0.39, 0.29) is 11.9 Å². The fraction of sp³-hybridized carbons (Fsp3) is 0.500. The van der Waals surface area contributed by atoms with E-state index in [1.807, 2.05) is 19.9 Å². The van der Waals surface area contributed by atoms with Crippen molar-refractivity contribution in [3.8, 4) is 0 Å². The van der Waals surface area contributed by atoms with Gasteiger partial charge in [0.05, 0.1) is 0 Å². The molecule has 1 aromatic rings. The maximum absolute atomic E-state index is 11.6. The lowest BCUT2D eigenvalue weighted by Crippen LogP contribution is -2.28. The number of carbonyl (C=O) groups excluding carboxylic acids is 1. The van der Waals surface area contributed by atoms with E-state index >= 15 is 0 Å². The molecule has 17 heavy (non-hydrogen) atoms. The van der Waals surface area contributed by atoms with E-state index in [2.05, 4.69) is 15.6 Å². The van der Waals surface area contributed by atoms with E-state index in [1.165, 1.54) is 0 Å². The fourth-order valence-corrected chi connectivity index (χ4v) is 1.31. The number of nitrogens with one attached hydrogen (secondary N) is 2. The summed E-state index contributed by atoms with van der Waals surface area (Å²) in [4.78, 5) is 15.6. The maximum Gasteiger partial charge on any atom is 0.269 e. The van der Waals surface area contributed by atoms with Crippen LogP contribution in [-0.2, 0) is 0 Å². The third kappa shape index (κ3) is 4.40. The second-order valence-electron chi connectivity index (χ2n) is 3.84. The van der Waals surface area contributed by atoms with Crippen molar-refractivity contribution in [3.63, 3.8) is 0 Å². The monoisotopic (exact) mass is 236 g/mol. The predicted molar refractivity (Wildman–Crippen MR) is 69.0 cm³/mol. The number of anilines is 1. The molecule has 1 heterocycles. The van der Waals surface area contributed by atoms with Crippen molar-refractivity contribution in [2.75, 3.05) is 18.4 Å². The minimum absolute atomic E-state index is 0.121. The first-order chi connectivity index (χ1) is 8.17. The van der Waals surface area contributed by atoms with Crippen LogP contribution in [0, 0.1) is 0 Å². The van der Waals surface area contributed by atoms with Crippen LogP contribution < -0.4 is 16.4 Å². The van der Waals surface area contributed by atoms with E-state index in [4.69, 9.17) is 5.73 Å². The Balaban J connectivity index is 2.62. The molecule has 0 aliphatic rings. The smallest absolute Gasteiger partial charge is 0.269 e. The molecule has 0 aliphatic heterocycles. The molecule has 0 bridgehead atoms. The number of amides is 1. The highest BCUT2D eigenvalue weighted by atomic mass is 16.1. The SMILES string of the molecule is CCNC(=O)c1cc(NCC(N)CC)ccn1. The van der Waals surface area contributed by atoms with Gasteiger partial charge in [0, 0.05) is 31.0 Å². The Labute approximate surface area is 102 Å². The van der Waals surface area contributed by atoms with Crippen molar-refractivity contribution in [2.24, 2.45) is 5.73 Å². The molecule has 0 aromatic carbocycles. The predicted octanol–water partition coefficient (Wildman–Crippen LogP) is 0.980. The number of hydrogen-bond donors (Lipinski definition) is 3. The Hall–Kier alpha value is -1.62. The van der Waals surface area contributed by atoms with Gasteiger partial charge in [-0.05, 0) is 25.5 Å². The summed E-state index contributed by atoms with van der Waals surface area (Å²) in [6.45, 7) is 5.20. The molecule has 0 fully saturated rings. The summed E-state index contributed by atoms with van der Waals surface area (Å²) in [5, 5.41) is 5.90. The second kappa shape index (κ2) is 6.85. The molecule has 4 N–H and O–H groups in total. The zero-order valence-electron chi connectivity index (χ0n) is 10.4. The summed E-state index contributed by atoms with van der Waals surface area (Å²) in [7, 11) is 0. The van der Waals surface area contributed by atoms with Crippen LogP contribution in [0.15, 0.2) is 18.3 Å². The fourth-order valence-electron chi connectivity index (χ4n) is 1.31. The van der Waals surface area contributed by atoms with E-state index in [0.29, 0.717) is 18.8 Å². The summed E-state index contributed by atoms with van der Waals surface area (Å²) in [5.74, 6) is -0.157. The third-order valence-corrected chi connectivity index (χ3v) is 2.42. The Kier molecular flexibility index (Phi) is 5.42. The summed E-state index contributed by atoms with van der Waals surface area (Å²) >= 11 is 0. The van der Waals surface area contributed by atoms with Crippen molar-refractivity contribution < 1.29 is 4.79 Å². The van der Waals surface area contributed by atoms with E-state index in [9.17, 15) is 4.79 Å². The van der Waals surface area contributed by atoms with Gasteiger partial charge in [-0.3, -0.25) is 9.78 Å². The molecule has 5 nitrogen and oxygen atoms in total. The van der Waals surface area contributed by atoms with E-state index < -0.39 is 0 Å². The highest BCUT2D eigenvalue weighted by Gasteiger charge is 2.06. The van der Waals surface area contributed by atoms with Crippen molar-refractivity contribution >= 4 is 11.6 Å². The molecule has 1 unspecified atom stereocenters. The second-order valence-corrected chi connectivity index (χ2v) is 3.84. The van der Waals surface area contributed by atoms with Gasteiger partial charge in [0.1, 0.15) is 5.69 Å². The number of hydrogen-bond acceptors (Lipinski definition) is 4. The molecule has 1 aromatic heterocycles. The van der Waals surface area contributed by atoms with Gasteiger partial charge < -0.3 is 16.4 Å². The zero-order chi connectivity index (χ0) is 12.7. The summed E-state index contributed by atoms with van der Waals surface area (Å²) in [5.41, 5.74) is 7.09. The van der Waals surface area contributed by atoms with Crippen molar-refractivity contribution in [1.82, 2.24) is 10.3 Å². The minimum atomic E-state index is -0.157. The Morgan fingerprint density at radius 3 is 2.94 bits per heavy atom. The normalized spacial score (nSPS) is 11.9. The molecule has 0 saturated heterocycles. The number of nitrogens with two attached hydrogens (primary N) is 1. The first-order valence-electron chi connectivity index (χ1n) is 5.91. The van der Waals surface area contributed by atoms with Crippen LogP contribution in [0.3, 0.4) is 0 Å². The largest absolute Gasteiger partial charge is 0.383 e. The van der Waals surface area contributed by atoms with Crippen LogP contribution in [0.1, 0.15) is 30.8 Å². The lowest BCUT2D eigenvalue weighted by molar-refractivity contribution is 0.0951. The number of pyridine rings is 1. The molecular weight excluding hydrogens is 216 g/mol. The van der Waals surface area contributed by atoms with E-state index in [1.54, 1.807) is 12.3 Å². The van der Waals surface area contributed by atoms with Crippen LogP contribution in [0.25, 0.3) is 0 Å². The molecule has 0 radical (unpaired) electrons. The average molecular weight is 236 g/mol. The number of aromatic nitrogens is 1. The molecule has 5 heteroatoms. The van der Waals surface area contributed by atoms with Gasteiger partial charge in [0.25, 0.3) is 5.91 Å². The van der Waals surface area contributed by atoms with Crippen LogP contribution >= 0.6 is 0 Å². The lowest BCUT2D eigenvalue weighted by atomic mass is 10.2. The number of nitrogens with zero attached hydrogens (tertiary/aromatic N) is 1. The van der Waals surface area contributed by atoms with Crippen molar-refractivity contribution in [3.05, 3.63) is 24.0 Å². The van der Waals surface area contributed by atoms with E-state index in [0.717, 1.165) is 12.1 Å². The standard InChI is InChI=1S/C12H20N4O/c1-3-9(13)8-16-10-5-6-15-11(7-10)12(17)14-4-2/h5-7,9H,3-4,8,13H2,1-2H3,(H,14,17)(H,15,16). The molecule has 0 aliphatic carbocycles. The van der Waals surface area contributed by atoms with Crippen LogP contribution in [-0.4, -0.2) is 30.0 Å². The molecule has 94 valence electrons. The molecule has 1 amide bonds. The van der Waals surface area contributed by atoms with Crippen molar-refractivity contribution in [2.45, 2.75) is 26.3 Å². The molecule has 1 atom stereocenters. The molecular formula is C12H20N4O. The number of rotatable bonds is 6. The Morgan fingerprint density at radius 1 is 1.53 bits per heavy atom. The van der Waals surface area contributed by atoms with Gasteiger partial charge in [-0.1, -0.05) is 6.92 Å². The average Bonchev–Trinajstić information content (AvgIpc) is 2.36. The quantitative estimate of drug-likeness (QED) is 0.688. The first kappa shape index (κ1) is 13.4. The molecule has 1 rings (SSSR count). The van der Waals surface area contributed by atoms with Gasteiger partial charge in [0.2, 0.25) is 0 Å². The van der Waals surface area contributed by atoms with Crippen LogP contribution in [0.2, 0.25) is 0 Å². The molecule has 0 saturated carbocycles. The van der Waals surface area contributed by atoms with Gasteiger partial charge in [-0.15, -0.1) is 0 Å². The maximum atomic E-state index is 11.6. The highest BCUT2D eigenvalue weighted by molar-refractivity contribution is 5.93. The summed E-state index contributed by atoms with van der Waals surface area (Å²) in [6, 6.07) is 3.68. The summed E-state index contributed by atoms with van der Waals surface area (Å²) in [6.07, 6.45) is 2.53.